The number of thiazole rings is 2. The molecule has 1 saturated heterocycles. The number of anilines is 1. The highest BCUT2D eigenvalue weighted by molar-refractivity contribution is 7.80. The van der Waals surface area contributed by atoms with Crippen LogP contribution < -0.4 is 16.2 Å². The number of oxime groups is 1. The normalized spacial score (nSPS) is 16.6. The molecule has 1 atom stereocenters. The zero-order valence-electron chi connectivity index (χ0n) is 19.7. The van der Waals surface area contributed by atoms with Gasteiger partial charge >= 0.3 is 10.4 Å². The van der Waals surface area contributed by atoms with E-state index in [0.717, 1.165) is 16.2 Å². The highest BCUT2D eigenvalue weighted by atomic mass is 32.3. The predicted octanol–water partition coefficient (Wildman–Crippen LogP) is 1.25. The first-order valence-electron chi connectivity index (χ1n) is 10.1. The molecule has 2 aromatic rings. The van der Waals surface area contributed by atoms with E-state index >= 15 is 0 Å². The van der Waals surface area contributed by atoms with E-state index in [-0.39, 0.29) is 62.9 Å². The molecule has 0 radical (unpaired) electrons. The average molecular weight is 612 g/mol. The Hall–Kier alpha value is -2.84. The molecule has 19 heteroatoms. The van der Waals surface area contributed by atoms with Gasteiger partial charge in [-0.1, -0.05) is 12.6 Å². The number of Topliss-reactive ketones (excluding diaryl/α,β-unsaturated/α-hetero) is 1. The van der Waals surface area contributed by atoms with Gasteiger partial charge in [0.2, 0.25) is 5.88 Å². The van der Waals surface area contributed by atoms with Gasteiger partial charge in [0.25, 0.3) is 5.91 Å². The molecule has 1 aliphatic rings. The number of hydrogen-bond acceptors (Lipinski definition) is 14. The van der Waals surface area contributed by atoms with Crippen molar-refractivity contribution in [3.63, 3.8) is 0 Å². The number of nitrogen functional groups attached to an aromatic ring is 2. The highest BCUT2D eigenvalue weighted by Gasteiger charge is 2.57. The van der Waals surface area contributed by atoms with E-state index in [1.165, 1.54) is 30.6 Å². The maximum absolute atomic E-state index is 13.0. The van der Waals surface area contributed by atoms with Crippen molar-refractivity contribution < 1.29 is 36.4 Å². The van der Waals surface area contributed by atoms with Crippen molar-refractivity contribution in [1.29, 1.82) is 5.41 Å². The number of carbonyl (C=O) groups excluding carboxylic acids is 2. The zero-order valence-corrected chi connectivity index (χ0v) is 23.2. The number of aromatic nitrogens is 2. The summed E-state index contributed by atoms with van der Waals surface area (Å²) in [6.45, 7) is 4.64. The number of aryl methyl sites for hydroxylation is 1. The van der Waals surface area contributed by atoms with Crippen molar-refractivity contribution in [2.45, 2.75) is 40.2 Å². The number of nitrogens with two attached hydrogens (primary N) is 2. The topological polar surface area (TPSA) is 233 Å². The average Bonchev–Trinajstić information content (AvgIpc) is 3.37. The first kappa shape index (κ1) is 33.2. The standard InChI is InChI=1S/C18H23N7O8S3.CH4.H2S/c1-8-14(23-15(35-8)13(19)20)31-4-5-32-24-12(10-7-34-17(21)22-10)11(26)6-9-16(27)25(18(9,2)3)33-36(28,29)30;;/h7,9H,4-6H2,1-3H3,(H3,19,20)(H2,21,22)(H,28,29,30);1H4;1H2/b24-12-;;. The molecule has 0 spiro atoms. The lowest BCUT2D eigenvalue weighted by Crippen LogP contribution is -2.68. The van der Waals surface area contributed by atoms with Gasteiger partial charge in [-0.05, 0) is 20.8 Å². The summed E-state index contributed by atoms with van der Waals surface area (Å²) < 4.78 is 40.7. The van der Waals surface area contributed by atoms with Crippen LogP contribution in [0.5, 0.6) is 5.88 Å². The molecule has 3 rings (SSSR count). The minimum Gasteiger partial charge on any atom is -0.473 e. The molecule has 0 bridgehead atoms. The number of nitrogens with one attached hydrogen (secondary N) is 1. The first-order chi connectivity index (χ1) is 16.7. The maximum Gasteiger partial charge on any atom is 0.418 e. The predicted molar refractivity (Wildman–Crippen MR) is 146 cm³/mol. The van der Waals surface area contributed by atoms with Crippen LogP contribution in [0.2, 0.25) is 0 Å². The van der Waals surface area contributed by atoms with E-state index < -0.39 is 33.5 Å². The van der Waals surface area contributed by atoms with E-state index in [1.54, 1.807) is 6.92 Å². The van der Waals surface area contributed by atoms with Crippen molar-refractivity contribution in [1.82, 2.24) is 15.0 Å². The monoisotopic (exact) mass is 611 g/mol. The number of hydroxylamine groups is 2. The molecule has 3 heterocycles. The lowest BCUT2D eigenvalue weighted by molar-refractivity contribution is -0.228. The van der Waals surface area contributed by atoms with Crippen molar-refractivity contribution in [2.75, 3.05) is 18.9 Å². The molecule has 38 heavy (non-hydrogen) atoms. The largest absolute Gasteiger partial charge is 0.473 e. The van der Waals surface area contributed by atoms with Gasteiger partial charge in [0, 0.05) is 11.8 Å². The Morgan fingerprint density at radius 1 is 1.34 bits per heavy atom. The molecule has 6 N–H and O–H groups in total. The molecule has 0 saturated carbocycles. The maximum atomic E-state index is 13.0. The SMILES string of the molecule is C.Cc1sc(C(=N)N)nc1OCCO/N=C(\C(=O)CC1C(=O)N(OS(=O)(=O)O)C1(C)C)c1csc(N)n1.S. The molecule has 0 aromatic carbocycles. The summed E-state index contributed by atoms with van der Waals surface area (Å²) in [5.74, 6) is -2.25. The van der Waals surface area contributed by atoms with Crippen molar-refractivity contribution >= 4 is 74.9 Å². The Labute approximate surface area is 234 Å². The molecular weight excluding hydrogens is 583 g/mol. The number of ether oxygens (including phenoxy) is 1. The second-order valence-corrected chi connectivity index (χ2v) is 11.1. The fourth-order valence-electron chi connectivity index (χ4n) is 3.20. The van der Waals surface area contributed by atoms with E-state index in [1.807, 2.05) is 0 Å². The van der Waals surface area contributed by atoms with Crippen LogP contribution in [0.15, 0.2) is 10.5 Å². The van der Waals surface area contributed by atoms with Gasteiger partial charge in [0.1, 0.15) is 12.3 Å². The summed E-state index contributed by atoms with van der Waals surface area (Å²) in [5, 5.41) is 13.8. The molecular formula is C19H29N7O8S4. The van der Waals surface area contributed by atoms with Gasteiger partial charge < -0.3 is 21.0 Å². The Bertz CT molecular complexity index is 1320. The summed E-state index contributed by atoms with van der Waals surface area (Å²) in [7, 11) is -4.92. The third kappa shape index (κ3) is 7.60. The number of β-lactam (4-membered cyclic amide) rings is 1. The molecule has 15 nitrogen and oxygen atoms in total. The van der Waals surface area contributed by atoms with Gasteiger partial charge in [-0.25, -0.2) is 4.98 Å². The van der Waals surface area contributed by atoms with Gasteiger partial charge in [0.05, 0.1) is 16.3 Å². The Morgan fingerprint density at radius 2 is 2.00 bits per heavy atom. The second kappa shape index (κ2) is 12.8. The summed E-state index contributed by atoms with van der Waals surface area (Å²) in [4.78, 5) is 39.5. The minimum atomic E-state index is -4.92. The fraction of sp³-hybridized carbons (Fsp3) is 0.474. The Kier molecular flexibility index (Phi) is 11.2. The van der Waals surface area contributed by atoms with Crippen LogP contribution >= 0.6 is 36.2 Å². The van der Waals surface area contributed by atoms with Crippen LogP contribution in [0, 0.1) is 18.3 Å². The minimum absolute atomic E-state index is 0. The Morgan fingerprint density at radius 3 is 2.50 bits per heavy atom. The molecule has 1 unspecified atom stereocenters. The van der Waals surface area contributed by atoms with E-state index in [0.29, 0.717) is 16.0 Å². The van der Waals surface area contributed by atoms with Crippen LogP contribution in [-0.2, 0) is 29.1 Å². The van der Waals surface area contributed by atoms with Crippen LogP contribution in [0.3, 0.4) is 0 Å². The Balaban J connectivity index is 0.00000361. The first-order valence-corrected chi connectivity index (χ1v) is 13.2. The van der Waals surface area contributed by atoms with E-state index in [2.05, 4.69) is 19.4 Å². The fourth-order valence-corrected chi connectivity index (χ4v) is 4.93. The van der Waals surface area contributed by atoms with Gasteiger partial charge in [-0.15, -0.1) is 27.0 Å². The van der Waals surface area contributed by atoms with Crippen molar-refractivity contribution in [3.05, 3.63) is 21.0 Å². The molecule has 212 valence electrons. The van der Waals surface area contributed by atoms with Crippen molar-refractivity contribution in [3.8, 4) is 5.88 Å². The second-order valence-electron chi connectivity index (χ2n) is 7.96. The van der Waals surface area contributed by atoms with Gasteiger partial charge in [0.15, 0.2) is 34.1 Å². The molecule has 1 amide bonds. The zero-order chi connectivity index (χ0) is 26.8. The van der Waals surface area contributed by atoms with Crippen LogP contribution in [0.25, 0.3) is 0 Å². The van der Waals surface area contributed by atoms with Gasteiger partial charge in [-0.2, -0.15) is 32.0 Å². The van der Waals surface area contributed by atoms with Gasteiger partial charge in [-0.3, -0.25) is 19.6 Å². The number of hydrogen-bond donors (Lipinski definition) is 4. The van der Waals surface area contributed by atoms with Crippen LogP contribution in [0.4, 0.5) is 5.13 Å². The molecule has 2 aromatic heterocycles. The van der Waals surface area contributed by atoms with Crippen LogP contribution in [0.1, 0.15) is 43.3 Å². The lowest BCUT2D eigenvalue weighted by Gasteiger charge is -2.50. The number of ketones is 1. The van der Waals surface area contributed by atoms with E-state index in [9.17, 15) is 18.0 Å². The molecule has 1 aliphatic heterocycles. The van der Waals surface area contributed by atoms with Crippen molar-refractivity contribution in [2.24, 2.45) is 16.8 Å². The third-order valence-electron chi connectivity index (χ3n) is 5.02. The molecule has 1 fully saturated rings. The summed E-state index contributed by atoms with van der Waals surface area (Å²) >= 11 is 2.28. The van der Waals surface area contributed by atoms with Crippen LogP contribution in [-0.4, -0.2) is 70.0 Å². The third-order valence-corrected chi connectivity index (χ3v) is 7.01. The smallest absolute Gasteiger partial charge is 0.418 e. The lowest BCUT2D eigenvalue weighted by atomic mass is 9.74. The summed E-state index contributed by atoms with van der Waals surface area (Å²) in [6.07, 6.45) is -0.362. The summed E-state index contributed by atoms with van der Waals surface area (Å²) in [5.41, 5.74) is 9.82. The number of nitrogens with zero attached hydrogens (tertiary/aromatic N) is 4. The quantitative estimate of drug-likeness (QED) is 0.0663. The number of amides is 1. The highest BCUT2D eigenvalue weighted by Crippen LogP contribution is 2.40. The number of amidine groups is 1. The van der Waals surface area contributed by atoms with E-state index in [4.69, 9.17) is 31.0 Å². The number of carbonyl (C=O) groups is 2. The summed E-state index contributed by atoms with van der Waals surface area (Å²) in [6, 6.07) is 0. The molecule has 0 aliphatic carbocycles. The number of rotatable bonds is 12.